The van der Waals surface area contributed by atoms with Gasteiger partial charge in [-0.1, -0.05) is 6.42 Å². The Morgan fingerprint density at radius 2 is 1.60 bits per heavy atom. The van der Waals surface area contributed by atoms with Gasteiger partial charge in [0.2, 0.25) is 5.91 Å². The molecule has 1 heterocycles. The fourth-order valence-corrected chi connectivity index (χ4v) is 5.10. The summed E-state index contributed by atoms with van der Waals surface area (Å²) in [6, 6.07) is 7.64. The molecule has 1 aromatic carbocycles. The lowest BCUT2D eigenvalue weighted by molar-refractivity contribution is -0.138. The summed E-state index contributed by atoms with van der Waals surface area (Å²) in [4.78, 5) is 17.4. The molecule has 3 N–H and O–H groups in total. The number of hydrogen-bond donors (Lipinski definition) is 2. The highest BCUT2D eigenvalue weighted by molar-refractivity contribution is 5.79. The van der Waals surface area contributed by atoms with Crippen LogP contribution in [0.3, 0.4) is 0 Å². The second-order valence-electron chi connectivity index (χ2n) is 8.03. The standard InChI is InChI=1S/C20H29N3O2/c21-19-14-2-1-3-15(19)13-16(12-14)20(25)23-10-8-22(9-11-23)17-4-6-18(24)7-5-17/h4-7,14-16,19,24H,1-3,8-13,21H2. The molecular formula is C20H29N3O2. The highest BCUT2D eigenvalue weighted by Gasteiger charge is 2.41. The van der Waals surface area contributed by atoms with Crippen LogP contribution in [0.15, 0.2) is 24.3 Å². The molecule has 2 saturated carbocycles. The summed E-state index contributed by atoms with van der Waals surface area (Å²) >= 11 is 0. The van der Waals surface area contributed by atoms with Crippen molar-refractivity contribution < 1.29 is 9.90 Å². The Morgan fingerprint density at radius 3 is 2.20 bits per heavy atom. The number of piperazine rings is 1. The fourth-order valence-electron chi connectivity index (χ4n) is 5.10. The van der Waals surface area contributed by atoms with Gasteiger partial charge in [0.25, 0.3) is 0 Å². The van der Waals surface area contributed by atoms with E-state index in [1.54, 1.807) is 12.1 Å². The number of anilines is 1. The summed E-state index contributed by atoms with van der Waals surface area (Å²) in [5, 5.41) is 9.42. The first-order valence-electron chi connectivity index (χ1n) is 9.70. The van der Waals surface area contributed by atoms with E-state index in [9.17, 15) is 9.90 Å². The molecule has 2 bridgehead atoms. The Bertz CT molecular complexity index is 596. The molecule has 3 aliphatic rings. The minimum Gasteiger partial charge on any atom is -0.508 e. The van der Waals surface area contributed by atoms with Crippen molar-refractivity contribution >= 4 is 11.6 Å². The topological polar surface area (TPSA) is 69.8 Å². The lowest BCUT2D eigenvalue weighted by atomic mass is 9.65. The summed E-state index contributed by atoms with van der Waals surface area (Å²) in [7, 11) is 0. The van der Waals surface area contributed by atoms with Crippen molar-refractivity contribution in [2.75, 3.05) is 31.1 Å². The van der Waals surface area contributed by atoms with Crippen LogP contribution in [0.1, 0.15) is 32.1 Å². The van der Waals surface area contributed by atoms with Crippen molar-refractivity contribution in [1.29, 1.82) is 0 Å². The zero-order chi connectivity index (χ0) is 17.4. The molecule has 1 aliphatic heterocycles. The van der Waals surface area contributed by atoms with Gasteiger partial charge < -0.3 is 20.6 Å². The molecule has 5 nitrogen and oxygen atoms in total. The first kappa shape index (κ1) is 16.7. The number of fused-ring (bicyclic) bond motifs is 2. The molecule has 2 unspecified atom stereocenters. The van der Waals surface area contributed by atoms with E-state index < -0.39 is 0 Å². The van der Waals surface area contributed by atoms with Gasteiger partial charge in [-0.05, 0) is 61.8 Å². The van der Waals surface area contributed by atoms with Crippen LogP contribution in [-0.2, 0) is 4.79 Å². The summed E-state index contributed by atoms with van der Waals surface area (Å²) in [6.45, 7) is 3.29. The zero-order valence-corrected chi connectivity index (χ0v) is 14.8. The largest absolute Gasteiger partial charge is 0.508 e. The molecule has 4 rings (SSSR count). The molecule has 5 heteroatoms. The summed E-state index contributed by atoms with van der Waals surface area (Å²) < 4.78 is 0. The minimum atomic E-state index is 0.190. The molecule has 1 amide bonds. The van der Waals surface area contributed by atoms with E-state index in [-0.39, 0.29) is 5.92 Å². The van der Waals surface area contributed by atoms with Crippen molar-refractivity contribution in [2.24, 2.45) is 23.5 Å². The number of hydrogen-bond acceptors (Lipinski definition) is 4. The van der Waals surface area contributed by atoms with E-state index in [0.29, 0.717) is 29.5 Å². The van der Waals surface area contributed by atoms with Crippen molar-refractivity contribution in [2.45, 2.75) is 38.1 Å². The average molecular weight is 343 g/mol. The van der Waals surface area contributed by atoms with Crippen LogP contribution in [0, 0.1) is 17.8 Å². The van der Waals surface area contributed by atoms with Crippen LogP contribution >= 0.6 is 0 Å². The third-order valence-corrected chi connectivity index (χ3v) is 6.57. The molecule has 0 spiro atoms. The Balaban J connectivity index is 1.34. The first-order chi connectivity index (χ1) is 12.1. The van der Waals surface area contributed by atoms with E-state index in [2.05, 4.69) is 9.80 Å². The quantitative estimate of drug-likeness (QED) is 0.864. The summed E-state index contributed by atoms with van der Waals surface area (Å²) in [5.74, 6) is 1.95. The van der Waals surface area contributed by atoms with Crippen LogP contribution in [0.2, 0.25) is 0 Å². The fraction of sp³-hybridized carbons (Fsp3) is 0.650. The molecule has 136 valence electrons. The van der Waals surface area contributed by atoms with Crippen LogP contribution in [-0.4, -0.2) is 48.1 Å². The maximum absolute atomic E-state index is 13.0. The van der Waals surface area contributed by atoms with Crippen molar-refractivity contribution in [3.63, 3.8) is 0 Å². The number of carbonyl (C=O) groups excluding carboxylic acids is 1. The molecule has 2 atom stereocenters. The number of amides is 1. The maximum atomic E-state index is 13.0. The van der Waals surface area contributed by atoms with E-state index in [1.165, 1.54) is 19.3 Å². The van der Waals surface area contributed by atoms with E-state index in [4.69, 9.17) is 5.73 Å². The molecule has 1 aromatic rings. The van der Waals surface area contributed by atoms with Crippen LogP contribution in [0.25, 0.3) is 0 Å². The van der Waals surface area contributed by atoms with Crippen molar-refractivity contribution in [3.05, 3.63) is 24.3 Å². The minimum absolute atomic E-state index is 0.190. The highest BCUT2D eigenvalue weighted by Crippen LogP contribution is 2.42. The number of benzene rings is 1. The van der Waals surface area contributed by atoms with Gasteiger partial charge in [0.15, 0.2) is 0 Å². The van der Waals surface area contributed by atoms with E-state index >= 15 is 0 Å². The second kappa shape index (κ2) is 6.87. The number of phenols is 1. The molecule has 0 aromatic heterocycles. The van der Waals surface area contributed by atoms with Gasteiger partial charge in [-0.2, -0.15) is 0 Å². The lowest BCUT2D eigenvalue weighted by Gasteiger charge is -2.45. The first-order valence-corrected chi connectivity index (χ1v) is 9.70. The van der Waals surface area contributed by atoms with Crippen LogP contribution < -0.4 is 10.6 Å². The molecule has 25 heavy (non-hydrogen) atoms. The summed E-state index contributed by atoms with van der Waals surface area (Å²) in [5.41, 5.74) is 7.48. The van der Waals surface area contributed by atoms with Gasteiger partial charge in [-0.3, -0.25) is 4.79 Å². The Morgan fingerprint density at radius 1 is 1.00 bits per heavy atom. The van der Waals surface area contributed by atoms with Crippen LogP contribution in [0.5, 0.6) is 5.75 Å². The third-order valence-electron chi connectivity index (χ3n) is 6.57. The van der Waals surface area contributed by atoms with E-state index in [0.717, 1.165) is 44.7 Å². The number of phenolic OH excluding ortho intramolecular Hbond substituents is 1. The predicted molar refractivity (Wildman–Crippen MR) is 98.4 cm³/mol. The second-order valence-corrected chi connectivity index (χ2v) is 8.03. The Kier molecular flexibility index (Phi) is 4.59. The number of rotatable bonds is 2. The highest BCUT2D eigenvalue weighted by atomic mass is 16.3. The Hall–Kier alpha value is -1.75. The van der Waals surface area contributed by atoms with Crippen LogP contribution in [0.4, 0.5) is 5.69 Å². The zero-order valence-electron chi connectivity index (χ0n) is 14.8. The monoisotopic (exact) mass is 343 g/mol. The molecule has 2 aliphatic carbocycles. The van der Waals surface area contributed by atoms with Gasteiger partial charge in [-0.25, -0.2) is 0 Å². The molecular weight excluding hydrogens is 314 g/mol. The number of nitrogens with zero attached hydrogens (tertiary/aromatic N) is 2. The van der Waals surface area contributed by atoms with Gasteiger partial charge in [0, 0.05) is 43.8 Å². The number of aromatic hydroxyl groups is 1. The number of nitrogens with two attached hydrogens (primary N) is 1. The Labute approximate surface area is 149 Å². The van der Waals surface area contributed by atoms with Gasteiger partial charge in [-0.15, -0.1) is 0 Å². The number of carbonyl (C=O) groups is 1. The maximum Gasteiger partial charge on any atom is 0.225 e. The lowest BCUT2D eigenvalue weighted by Crippen LogP contribution is -2.53. The predicted octanol–water partition coefficient (Wildman–Crippen LogP) is 2.19. The van der Waals surface area contributed by atoms with Crippen molar-refractivity contribution in [3.8, 4) is 5.75 Å². The SMILES string of the molecule is NC1C2CCCC1CC(C(=O)N1CCN(c3ccc(O)cc3)CC1)C2. The molecule has 3 fully saturated rings. The summed E-state index contributed by atoms with van der Waals surface area (Å²) in [6.07, 6.45) is 5.69. The van der Waals surface area contributed by atoms with Gasteiger partial charge in [0.1, 0.15) is 5.75 Å². The normalized spacial score (nSPS) is 32.5. The smallest absolute Gasteiger partial charge is 0.225 e. The molecule has 1 saturated heterocycles. The van der Waals surface area contributed by atoms with Crippen molar-refractivity contribution in [1.82, 2.24) is 4.90 Å². The molecule has 0 radical (unpaired) electrons. The van der Waals surface area contributed by atoms with Gasteiger partial charge >= 0.3 is 0 Å². The van der Waals surface area contributed by atoms with E-state index in [1.807, 2.05) is 12.1 Å². The van der Waals surface area contributed by atoms with Gasteiger partial charge in [0.05, 0.1) is 0 Å². The average Bonchev–Trinajstić information content (AvgIpc) is 2.62. The third kappa shape index (κ3) is 3.34.